The van der Waals surface area contributed by atoms with Crippen molar-refractivity contribution in [1.29, 1.82) is 0 Å². The summed E-state index contributed by atoms with van der Waals surface area (Å²) in [4.78, 5) is 21.7. The van der Waals surface area contributed by atoms with Gasteiger partial charge in [-0.15, -0.1) is 0 Å². The highest BCUT2D eigenvalue weighted by Crippen LogP contribution is 2.40. The van der Waals surface area contributed by atoms with E-state index in [1.54, 1.807) is 0 Å². The molecular formula is C9H5ClO5. The Morgan fingerprint density at radius 2 is 2.07 bits per heavy atom. The zero-order valence-corrected chi connectivity index (χ0v) is 8.08. The normalized spacial score (nSPS) is 12.6. The monoisotopic (exact) mass is 228 g/mol. The number of carboxylic acids is 1. The van der Waals surface area contributed by atoms with E-state index >= 15 is 0 Å². The molecule has 1 aromatic rings. The molecule has 78 valence electrons. The molecule has 0 aromatic heterocycles. The van der Waals surface area contributed by atoms with Gasteiger partial charge >= 0.3 is 5.97 Å². The standard InChI is InChI=1S/C9H5ClO5/c10-6-4(7(11)9(12)13)1-2-5-8(6)15-3-14-5/h1-2H,3H2,(H,12,13). The number of hydrogen-bond donors (Lipinski definition) is 1. The van der Waals surface area contributed by atoms with Crippen molar-refractivity contribution < 1.29 is 24.2 Å². The van der Waals surface area contributed by atoms with Crippen LogP contribution in [0.1, 0.15) is 10.4 Å². The minimum Gasteiger partial charge on any atom is -0.475 e. The molecule has 0 amide bonds. The lowest BCUT2D eigenvalue weighted by molar-refractivity contribution is -0.131. The fraction of sp³-hybridized carbons (Fsp3) is 0.111. The van der Waals surface area contributed by atoms with Crippen LogP contribution in [0.3, 0.4) is 0 Å². The number of rotatable bonds is 2. The molecule has 0 bridgehead atoms. The molecule has 0 atom stereocenters. The summed E-state index contributed by atoms with van der Waals surface area (Å²) in [5.41, 5.74) is -0.103. The van der Waals surface area contributed by atoms with E-state index in [1.165, 1.54) is 12.1 Å². The Balaban J connectivity index is 2.51. The number of ether oxygens (including phenoxy) is 2. The molecule has 0 radical (unpaired) electrons. The van der Waals surface area contributed by atoms with Crippen molar-refractivity contribution in [3.05, 3.63) is 22.7 Å². The first-order valence-electron chi connectivity index (χ1n) is 3.97. The van der Waals surface area contributed by atoms with Crippen LogP contribution in [0.5, 0.6) is 11.5 Å². The molecule has 15 heavy (non-hydrogen) atoms. The van der Waals surface area contributed by atoms with Crippen molar-refractivity contribution in [2.24, 2.45) is 0 Å². The molecule has 1 aliphatic rings. The number of benzene rings is 1. The number of fused-ring (bicyclic) bond motifs is 1. The van der Waals surface area contributed by atoms with Gasteiger partial charge in [0.15, 0.2) is 11.5 Å². The van der Waals surface area contributed by atoms with Crippen molar-refractivity contribution in [3.8, 4) is 11.5 Å². The van der Waals surface area contributed by atoms with Crippen molar-refractivity contribution in [2.75, 3.05) is 6.79 Å². The molecule has 6 heteroatoms. The van der Waals surface area contributed by atoms with E-state index in [4.69, 9.17) is 26.2 Å². The van der Waals surface area contributed by atoms with Crippen molar-refractivity contribution in [3.63, 3.8) is 0 Å². The predicted octanol–water partition coefficient (Wildman–Crippen LogP) is 1.34. The minimum atomic E-state index is -1.56. The summed E-state index contributed by atoms with van der Waals surface area (Å²) < 4.78 is 10.0. The third-order valence-electron chi connectivity index (χ3n) is 1.92. The van der Waals surface area contributed by atoms with Crippen LogP contribution >= 0.6 is 11.6 Å². The molecule has 1 N–H and O–H groups in total. The molecule has 0 saturated heterocycles. The number of halogens is 1. The Morgan fingerprint density at radius 3 is 2.73 bits per heavy atom. The Kier molecular flexibility index (Phi) is 2.24. The number of carbonyl (C=O) groups is 2. The van der Waals surface area contributed by atoms with E-state index in [9.17, 15) is 9.59 Å². The van der Waals surface area contributed by atoms with Crippen LogP contribution in [0.25, 0.3) is 0 Å². The van der Waals surface area contributed by atoms with Gasteiger partial charge in [0.2, 0.25) is 6.79 Å². The maximum absolute atomic E-state index is 11.2. The topological polar surface area (TPSA) is 72.8 Å². The summed E-state index contributed by atoms with van der Waals surface area (Å²) in [6.07, 6.45) is 0. The number of aliphatic carboxylic acids is 1. The fourth-order valence-corrected chi connectivity index (χ4v) is 1.53. The van der Waals surface area contributed by atoms with E-state index < -0.39 is 11.8 Å². The van der Waals surface area contributed by atoms with Gasteiger partial charge in [-0.25, -0.2) is 4.79 Å². The number of carboxylic acid groups (broad SMARTS) is 1. The van der Waals surface area contributed by atoms with E-state index in [1.807, 2.05) is 0 Å². The van der Waals surface area contributed by atoms with Crippen LogP contribution in [0.15, 0.2) is 12.1 Å². The second kappa shape index (κ2) is 3.43. The van der Waals surface area contributed by atoms with Gasteiger partial charge in [0.1, 0.15) is 0 Å². The number of Topliss-reactive ketones (excluding diaryl/α,β-unsaturated/α-hetero) is 1. The highest BCUT2D eigenvalue weighted by Gasteiger charge is 2.25. The third-order valence-corrected chi connectivity index (χ3v) is 2.29. The van der Waals surface area contributed by atoms with Gasteiger partial charge in [-0.1, -0.05) is 11.6 Å². The third kappa shape index (κ3) is 1.50. The highest BCUT2D eigenvalue weighted by atomic mass is 35.5. The lowest BCUT2D eigenvalue weighted by Gasteiger charge is -2.03. The van der Waals surface area contributed by atoms with E-state index in [0.29, 0.717) is 5.75 Å². The first-order valence-corrected chi connectivity index (χ1v) is 4.35. The summed E-state index contributed by atoms with van der Waals surface area (Å²) in [7, 11) is 0. The summed E-state index contributed by atoms with van der Waals surface area (Å²) in [6.45, 7) is 0.0137. The van der Waals surface area contributed by atoms with Crippen LogP contribution in [0.2, 0.25) is 5.02 Å². The van der Waals surface area contributed by atoms with Crippen LogP contribution < -0.4 is 9.47 Å². The van der Waals surface area contributed by atoms with Gasteiger partial charge < -0.3 is 14.6 Å². The van der Waals surface area contributed by atoms with Crippen molar-refractivity contribution >= 4 is 23.4 Å². The SMILES string of the molecule is O=C(O)C(=O)c1ccc2c(c1Cl)OCO2. The molecule has 0 saturated carbocycles. The van der Waals surface area contributed by atoms with Crippen LogP contribution in [-0.4, -0.2) is 23.7 Å². The van der Waals surface area contributed by atoms with Gasteiger partial charge in [-0.2, -0.15) is 0 Å². The molecule has 0 spiro atoms. The second-order valence-electron chi connectivity index (χ2n) is 2.80. The second-order valence-corrected chi connectivity index (χ2v) is 3.17. The van der Waals surface area contributed by atoms with Gasteiger partial charge in [0.25, 0.3) is 5.78 Å². The molecule has 2 rings (SSSR count). The number of hydrogen-bond acceptors (Lipinski definition) is 4. The zero-order chi connectivity index (χ0) is 11.0. The predicted molar refractivity (Wildman–Crippen MR) is 49.5 cm³/mol. The average molecular weight is 229 g/mol. The quantitative estimate of drug-likeness (QED) is 0.611. The van der Waals surface area contributed by atoms with Crippen LogP contribution in [-0.2, 0) is 4.79 Å². The Bertz CT molecular complexity index is 454. The minimum absolute atomic E-state index is 0.0137. The summed E-state index contributed by atoms with van der Waals surface area (Å²) in [5, 5.41) is 8.50. The molecular weight excluding hydrogens is 224 g/mol. The van der Waals surface area contributed by atoms with Gasteiger partial charge in [0.05, 0.1) is 10.6 Å². The zero-order valence-electron chi connectivity index (χ0n) is 7.32. The Labute approximate surface area is 89.2 Å². The van der Waals surface area contributed by atoms with E-state index in [-0.39, 0.29) is 23.1 Å². The highest BCUT2D eigenvalue weighted by molar-refractivity contribution is 6.45. The van der Waals surface area contributed by atoms with Gasteiger partial charge in [0, 0.05) is 0 Å². The van der Waals surface area contributed by atoms with Gasteiger partial charge in [-0.3, -0.25) is 4.79 Å². The lowest BCUT2D eigenvalue weighted by atomic mass is 10.1. The summed E-state index contributed by atoms with van der Waals surface area (Å²) in [6, 6.07) is 2.75. The first-order chi connectivity index (χ1) is 7.11. The Morgan fingerprint density at radius 1 is 1.33 bits per heavy atom. The van der Waals surface area contributed by atoms with Gasteiger partial charge in [-0.05, 0) is 12.1 Å². The molecule has 1 heterocycles. The average Bonchev–Trinajstić information content (AvgIpc) is 2.66. The fourth-order valence-electron chi connectivity index (χ4n) is 1.23. The largest absolute Gasteiger partial charge is 0.475 e. The molecule has 0 unspecified atom stereocenters. The molecule has 0 aliphatic carbocycles. The van der Waals surface area contributed by atoms with E-state index in [0.717, 1.165) is 0 Å². The molecule has 5 nitrogen and oxygen atoms in total. The van der Waals surface area contributed by atoms with Crippen LogP contribution in [0.4, 0.5) is 0 Å². The summed E-state index contributed by atoms with van der Waals surface area (Å²) in [5.74, 6) is -2.01. The molecule has 1 aliphatic heterocycles. The maximum Gasteiger partial charge on any atom is 0.377 e. The Hall–Kier alpha value is -1.75. The lowest BCUT2D eigenvalue weighted by Crippen LogP contribution is -2.13. The maximum atomic E-state index is 11.2. The molecule has 0 fully saturated rings. The first kappa shape index (κ1) is 9.79. The smallest absolute Gasteiger partial charge is 0.377 e. The number of carbonyl (C=O) groups excluding carboxylic acids is 1. The number of ketones is 1. The van der Waals surface area contributed by atoms with E-state index in [2.05, 4.69) is 0 Å². The molecule has 1 aromatic carbocycles. The summed E-state index contributed by atoms with van der Waals surface area (Å²) >= 11 is 5.80. The van der Waals surface area contributed by atoms with Crippen molar-refractivity contribution in [1.82, 2.24) is 0 Å². The van der Waals surface area contributed by atoms with Crippen molar-refractivity contribution in [2.45, 2.75) is 0 Å². The van der Waals surface area contributed by atoms with Crippen LogP contribution in [0, 0.1) is 0 Å².